The summed E-state index contributed by atoms with van der Waals surface area (Å²) in [5, 5.41) is 6.80. The fourth-order valence-corrected chi connectivity index (χ4v) is 3.79. The van der Waals surface area contributed by atoms with E-state index in [9.17, 15) is 9.59 Å². The van der Waals surface area contributed by atoms with Gasteiger partial charge in [-0.05, 0) is 38.5 Å². The van der Waals surface area contributed by atoms with E-state index < -0.39 is 0 Å². The number of guanidine groups is 1. The van der Waals surface area contributed by atoms with Crippen molar-refractivity contribution in [3.05, 3.63) is 0 Å². The quantitative estimate of drug-likeness (QED) is 0.465. The molecule has 29 heavy (non-hydrogen) atoms. The van der Waals surface area contributed by atoms with Crippen molar-refractivity contribution in [2.24, 2.45) is 10.9 Å². The summed E-state index contributed by atoms with van der Waals surface area (Å²) in [6, 6.07) is 0.242. The molecule has 0 aromatic heterocycles. The van der Waals surface area contributed by atoms with Crippen LogP contribution < -0.4 is 10.6 Å². The molecule has 166 valence electrons. The van der Waals surface area contributed by atoms with Crippen LogP contribution in [0.15, 0.2) is 4.99 Å². The first-order chi connectivity index (χ1) is 13.9. The molecule has 1 atom stereocenters. The lowest BCUT2D eigenvalue weighted by Gasteiger charge is -2.35. The zero-order chi connectivity index (χ0) is 21.2. The van der Waals surface area contributed by atoms with Crippen LogP contribution >= 0.6 is 0 Å². The van der Waals surface area contributed by atoms with Gasteiger partial charge in [0.05, 0.1) is 6.10 Å². The van der Waals surface area contributed by atoms with Gasteiger partial charge in [0.15, 0.2) is 5.96 Å². The van der Waals surface area contributed by atoms with Crippen LogP contribution in [-0.4, -0.2) is 86.6 Å². The highest BCUT2D eigenvalue weighted by Gasteiger charge is 2.27. The Balaban J connectivity index is 1.88. The van der Waals surface area contributed by atoms with E-state index in [2.05, 4.69) is 29.5 Å². The average Bonchev–Trinajstić information content (AvgIpc) is 3.24. The highest BCUT2D eigenvalue weighted by molar-refractivity contribution is 5.85. The van der Waals surface area contributed by atoms with Crippen molar-refractivity contribution >= 4 is 17.8 Å². The van der Waals surface area contributed by atoms with Crippen molar-refractivity contribution < 1.29 is 14.3 Å². The van der Waals surface area contributed by atoms with Gasteiger partial charge in [-0.3, -0.25) is 9.59 Å². The fraction of sp³-hybridized carbons (Fsp3) is 0.857. The molecule has 0 aromatic carbocycles. The van der Waals surface area contributed by atoms with Crippen LogP contribution in [0.4, 0.5) is 0 Å². The minimum atomic E-state index is -0.0335. The van der Waals surface area contributed by atoms with Crippen LogP contribution in [0.1, 0.15) is 52.4 Å². The maximum absolute atomic E-state index is 12.6. The second-order valence-corrected chi connectivity index (χ2v) is 8.23. The number of rotatable bonds is 8. The highest BCUT2D eigenvalue weighted by atomic mass is 16.5. The Morgan fingerprint density at radius 2 is 1.86 bits per heavy atom. The number of nitrogens with zero attached hydrogens (tertiary/aromatic N) is 3. The Morgan fingerprint density at radius 1 is 1.17 bits per heavy atom. The Kier molecular flexibility index (Phi) is 9.70. The SMILES string of the molecule is CCC(CC)C(=O)N1CCC(NC(=NCC(=O)N(C)C)NCC2CCCO2)CC1. The lowest BCUT2D eigenvalue weighted by atomic mass is 9.98. The van der Waals surface area contributed by atoms with E-state index in [1.807, 2.05) is 4.90 Å². The average molecular weight is 410 g/mol. The van der Waals surface area contributed by atoms with E-state index in [0.29, 0.717) is 12.5 Å². The van der Waals surface area contributed by atoms with Crippen LogP contribution in [-0.2, 0) is 14.3 Å². The van der Waals surface area contributed by atoms with Crippen LogP contribution in [0.25, 0.3) is 0 Å². The molecular weight excluding hydrogens is 370 g/mol. The second kappa shape index (κ2) is 12.0. The molecule has 1 unspecified atom stereocenters. The molecule has 0 radical (unpaired) electrons. The van der Waals surface area contributed by atoms with Gasteiger partial charge in [-0.25, -0.2) is 4.99 Å². The number of carbonyl (C=O) groups excluding carboxylic acids is 2. The normalized spacial score (nSPS) is 20.8. The fourth-order valence-electron chi connectivity index (χ4n) is 3.79. The van der Waals surface area contributed by atoms with Crippen molar-refractivity contribution in [1.82, 2.24) is 20.4 Å². The molecule has 0 spiro atoms. The topological polar surface area (TPSA) is 86.3 Å². The molecule has 2 fully saturated rings. The minimum absolute atomic E-state index is 0.0335. The molecule has 2 aliphatic heterocycles. The molecule has 8 nitrogen and oxygen atoms in total. The van der Waals surface area contributed by atoms with E-state index in [1.54, 1.807) is 19.0 Å². The Labute approximate surface area is 175 Å². The molecule has 0 saturated carbocycles. The third-order valence-electron chi connectivity index (χ3n) is 5.87. The van der Waals surface area contributed by atoms with E-state index in [1.165, 1.54) is 0 Å². The predicted octanol–water partition coefficient (Wildman–Crippen LogP) is 1.22. The number of hydrogen-bond donors (Lipinski definition) is 2. The standard InChI is InChI=1S/C21H39N5O3/c1-5-16(6-2)20(28)26-11-9-17(10-12-26)24-21(23-15-19(27)25(3)4)22-14-18-8-7-13-29-18/h16-18H,5-15H2,1-4H3,(H2,22,23,24). The van der Waals surface area contributed by atoms with Crippen LogP contribution in [0.3, 0.4) is 0 Å². The Hall–Kier alpha value is -1.83. The maximum atomic E-state index is 12.6. The summed E-state index contributed by atoms with van der Waals surface area (Å²) in [7, 11) is 3.47. The first kappa shape index (κ1) is 23.4. The predicted molar refractivity (Wildman–Crippen MR) is 115 cm³/mol. The summed E-state index contributed by atoms with van der Waals surface area (Å²) in [4.78, 5) is 32.5. The van der Waals surface area contributed by atoms with Crippen molar-refractivity contribution in [3.63, 3.8) is 0 Å². The number of carbonyl (C=O) groups is 2. The van der Waals surface area contributed by atoms with E-state index in [0.717, 1.165) is 58.2 Å². The monoisotopic (exact) mass is 409 g/mol. The van der Waals surface area contributed by atoms with Crippen LogP contribution in [0, 0.1) is 5.92 Å². The van der Waals surface area contributed by atoms with Gasteiger partial charge in [0.25, 0.3) is 0 Å². The van der Waals surface area contributed by atoms with Gasteiger partial charge in [0.2, 0.25) is 11.8 Å². The molecule has 2 amide bonds. The summed E-state index contributed by atoms with van der Waals surface area (Å²) in [5.74, 6) is 1.05. The number of piperidine rings is 1. The van der Waals surface area contributed by atoms with Gasteiger partial charge in [-0.2, -0.15) is 0 Å². The van der Waals surface area contributed by atoms with Crippen molar-refractivity contribution in [3.8, 4) is 0 Å². The zero-order valence-corrected chi connectivity index (χ0v) is 18.6. The summed E-state index contributed by atoms with van der Waals surface area (Å²) in [6.45, 7) is 7.31. The summed E-state index contributed by atoms with van der Waals surface area (Å²) < 4.78 is 5.68. The number of ether oxygens (including phenoxy) is 1. The molecular formula is C21H39N5O3. The zero-order valence-electron chi connectivity index (χ0n) is 18.6. The Morgan fingerprint density at radius 3 is 2.41 bits per heavy atom. The van der Waals surface area contributed by atoms with Crippen LogP contribution in [0.5, 0.6) is 0 Å². The van der Waals surface area contributed by atoms with Gasteiger partial charge >= 0.3 is 0 Å². The molecule has 2 rings (SSSR count). The molecule has 8 heteroatoms. The van der Waals surface area contributed by atoms with Crippen molar-refractivity contribution in [2.75, 3.05) is 46.9 Å². The Bertz CT molecular complexity index is 549. The lowest BCUT2D eigenvalue weighted by Crippen LogP contribution is -2.51. The molecule has 2 N–H and O–H groups in total. The molecule has 2 heterocycles. The summed E-state index contributed by atoms with van der Waals surface area (Å²) in [5.41, 5.74) is 0. The van der Waals surface area contributed by atoms with Crippen LogP contribution in [0.2, 0.25) is 0 Å². The van der Waals surface area contributed by atoms with Gasteiger partial charge in [-0.1, -0.05) is 13.8 Å². The number of likely N-dealkylation sites (tertiary alicyclic amines) is 1. The number of aliphatic imine (C=N–C) groups is 1. The number of hydrogen-bond acceptors (Lipinski definition) is 4. The smallest absolute Gasteiger partial charge is 0.243 e. The third-order valence-corrected chi connectivity index (χ3v) is 5.87. The first-order valence-corrected chi connectivity index (χ1v) is 11.1. The van der Waals surface area contributed by atoms with Gasteiger partial charge in [-0.15, -0.1) is 0 Å². The number of amides is 2. The molecule has 2 aliphatic rings. The third kappa shape index (κ3) is 7.49. The number of nitrogens with one attached hydrogen (secondary N) is 2. The lowest BCUT2D eigenvalue weighted by molar-refractivity contribution is -0.136. The maximum Gasteiger partial charge on any atom is 0.243 e. The highest BCUT2D eigenvalue weighted by Crippen LogP contribution is 2.17. The van der Waals surface area contributed by atoms with Crippen molar-refractivity contribution in [2.45, 2.75) is 64.5 Å². The first-order valence-electron chi connectivity index (χ1n) is 11.1. The van der Waals surface area contributed by atoms with Gasteiger partial charge in [0.1, 0.15) is 6.54 Å². The van der Waals surface area contributed by atoms with E-state index >= 15 is 0 Å². The number of likely N-dealkylation sites (N-methyl/N-ethyl adjacent to an activating group) is 1. The molecule has 0 aliphatic carbocycles. The summed E-state index contributed by atoms with van der Waals surface area (Å²) >= 11 is 0. The molecule has 2 saturated heterocycles. The van der Waals surface area contributed by atoms with E-state index in [4.69, 9.17) is 4.74 Å². The molecule has 0 bridgehead atoms. The minimum Gasteiger partial charge on any atom is -0.376 e. The largest absolute Gasteiger partial charge is 0.376 e. The van der Waals surface area contributed by atoms with Crippen molar-refractivity contribution in [1.29, 1.82) is 0 Å². The van der Waals surface area contributed by atoms with E-state index in [-0.39, 0.29) is 36.4 Å². The van der Waals surface area contributed by atoms with Gasteiger partial charge < -0.3 is 25.2 Å². The summed E-state index contributed by atoms with van der Waals surface area (Å²) in [6.07, 6.45) is 5.91. The molecule has 0 aromatic rings. The van der Waals surface area contributed by atoms with Gasteiger partial charge in [0, 0.05) is 52.3 Å². The second-order valence-electron chi connectivity index (χ2n) is 8.23.